The molecule has 1 aromatic carbocycles. The van der Waals surface area contributed by atoms with Gasteiger partial charge in [-0.2, -0.15) is 0 Å². The van der Waals surface area contributed by atoms with Gasteiger partial charge >= 0.3 is 5.97 Å². The van der Waals surface area contributed by atoms with Gasteiger partial charge in [0.2, 0.25) is 0 Å². The number of rotatable bonds is 5. The summed E-state index contributed by atoms with van der Waals surface area (Å²) in [5.41, 5.74) is 1.72. The van der Waals surface area contributed by atoms with Crippen LogP contribution in [-0.4, -0.2) is 30.7 Å². The first-order valence-electron chi connectivity index (χ1n) is 6.34. The van der Waals surface area contributed by atoms with E-state index in [2.05, 4.69) is 18.7 Å². The maximum absolute atomic E-state index is 11.4. The SMILES string of the molecule is C=C(C)C(=O)OCC1CSC(c2ccc(OC)cc2)S1. The summed E-state index contributed by atoms with van der Waals surface area (Å²) >= 11 is 3.73. The third-order valence-electron chi connectivity index (χ3n) is 2.89. The van der Waals surface area contributed by atoms with Crippen molar-refractivity contribution in [3.05, 3.63) is 42.0 Å². The van der Waals surface area contributed by atoms with E-state index in [0.717, 1.165) is 11.5 Å². The number of esters is 1. The summed E-state index contributed by atoms with van der Waals surface area (Å²) in [5, 5.41) is 0.343. The van der Waals surface area contributed by atoms with E-state index in [1.807, 2.05) is 35.7 Å². The summed E-state index contributed by atoms with van der Waals surface area (Å²) in [5.74, 6) is 1.56. The molecule has 0 saturated carbocycles. The Morgan fingerprint density at radius 1 is 1.40 bits per heavy atom. The minimum Gasteiger partial charge on any atom is -0.497 e. The summed E-state index contributed by atoms with van der Waals surface area (Å²) in [6.07, 6.45) is 0. The second kappa shape index (κ2) is 7.09. The van der Waals surface area contributed by atoms with Crippen molar-refractivity contribution in [1.29, 1.82) is 0 Å². The van der Waals surface area contributed by atoms with E-state index in [0.29, 0.717) is 22.0 Å². The van der Waals surface area contributed by atoms with E-state index in [1.54, 1.807) is 14.0 Å². The lowest BCUT2D eigenvalue weighted by molar-refractivity contribution is -0.138. The summed E-state index contributed by atoms with van der Waals surface area (Å²) < 4.78 is 10.8. The van der Waals surface area contributed by atoms with Crippen LogP contribution in [0.1, 0.15) is 17.1 Å². The van der Waals surface area contributed by atoms with Crippen molar-refractivity contribution in [2.45, 2.75) is 16.8 Å². The molecule has 2 atom stereocenters. The van der Waals surface area contributed by atoms with Gasteiger partial charge in [-0.25, -0.2) is 4.79 Å². The van der Waals surface area contributed by atoms with E-state index >= 15 is 0 Å². The highest BCUT2D eigenvalue weighted by molar-refractivity contribution is 8.19. The van der Waals surface area contributed by atoms with Gasteiger partial charge in [0.1, 0.15) is 12.4 Å². The predicted molar refractivity (Wildman–Crippen MR) is 85.3 cm³/mol. The normalized spacial score (nSPS) is 21.5. The lowest BCUT2D eigenvalue weighted by Gasteiger charge is -2.11. The monoisotopic (exact) mass is 310 g/mol. The smallest absolute Gasteiger partial charge is 0.333 e. The van der Waals surface area contributed by atoms with Gasteiger partial charge in [-0.05, 0) is 24.6 Å². The van der Waals surface area contributed by atoms with E-state index in [1.165, 1.54) is 5.56 Å². The zero-order valence-corrected chi connectivity index (χ0v) is 13.3. The number of benzene rings is 1. The van der Waals surface area contributed by atoms with Gasteiger partial charge in [0.25, 0.3) is 0 Å². The number of thioether (sulfide) groups is 2. The van der Waals surface area contributed by atoms with Crippen LogP contribution < -0.4 is 4.74 Å². The molecular weight excluding hydrogens is 292 g/mol. The van der Waals surface area contributed by atoms with Crippen LogP contribution in [0.5, 0.6) is 5.75 Å². The molecule has 1 aliphatic heterocycles. The Kier molecular flexibility index (Phi) is 5.43. The van der Waals surface area contributed by atoms with Gasteiger partial charge in [0.15, 0.2) is 0 Å². The molecule has 0 N–H and O–H groups in total. The van der Waals surface area contributed by atoms with Crippen LogP contribution in [0, 0.1) is 0 Å². The fourth-order valence-electron chi connectivity index (χ4n) is 1.76. The molecule has 5 heteroatoms. The van der Waals surface area contributed by atoms with Crippen molar-refractivity contribution >= 4 is 29.5 Å². The minimum absolute atomic E-state index is 0.302. The number of ether oxygens (including phenoxy) is 2. The van der Waals surface area contributed by atoms with Crippen LogP contribution in [0.3, 0.4) is 0 Å². The summed E-state index contributed by atoms with van der Waals surface area (Å²) in [7, 11) is 1.67. The van der Waals surface area contributed by atoms with Crippen molar-refractivity contribution in [3.8, 4) is 5.75 Å². The molecule has 1 fully saturated rings. The van der Waals surface area contributed by atoms with E-state index in [9.17, 15) is 4.79 Å². The van der Waals surface area contributed by atoms with Gasteiger partial charge in [-0.1, -0.05) is 18.7 Å². The molecule has 2 rings (SSSR count). The molecule has 0 aromatic heterocycles. The summed E-state index contributed by atoms with van der Waals surface area (Å²) in [4.78, 5) is 11.4. The summed E-state index contributed by atoms with van der Waals surface area (Å²) in [6.45, 7) is 5.70. The first-order valence-corrected chi connectivity index (χ1v) is 8.33. The Morgan fingerprint density at radius 3 is 2.70 bits per heavy atom. The van der Waals surface area contributed by atoms with Crippen LogP contribution in [0.25, 0.3) is 0 Å². The zero-order chi connectivity index (χ0) is 14.5. The van der Waals surface area contributed by atoms with E-state index < -0.39 is 0 Å². The van der Waals surface area contributed by atoms with Gasteiger partial charge in [-0.15, -0.1) is 23.5 Å². The molecule has 1 aromatic rings. The van der Waals surface area contributed by atoms with E-state index in [-0.39, 0.29) is 5.97 Å². The average Bonchev–Trinajstić information content (AvgIpc) is 2.93. The lowest BCUT2D eigenvalue weighted by Crippen LogP contribution is -2.16. The standard InChI is InChI=1S/C15H18O3S2/c1-10(2)14(16)18-8-13-9-19-15(20-13)11-4-6-12(17-3)7-5-11/h4-7,13,15H,1,8-9H2,2-3H3. The lowest BCUT2D eigenvalue weighted by atomic mass is 10.2. The fourth-order valence-corrected chi connectivity index (χ4v) is 4.98. The second-order valence-electron chi connectivity index (χ2n) is 4.58. The van der Waals surface area contributed by atoms with Gasteiger partial charge in [0, 0.05) is 16.6 Å². The Balaban J connectivity index is 1.85. The molecule has 0 radical (unpaired) electrons. The van der Waals surface area contributed by atoms with Crippen molar-refractivity contribution < 1.29 is 14.3 Å². The number of carbonyl (C=O) groups is 1. The topological polar surface area (TPSA) is 35.5 Å². The first kappa shape index (κ1) is 15.3. The van der Waals surface area contributed by atoms with Gasteiger partial charge in [-0.3, -0.25) is 0 Å². The van der Waals surface area contributed by atoms with Crippen LogP contribution in [-0.2, 0) is 9.53 Å². The highest BCUT2D eigenvalue weighted by Crippen LogP contribution is 2.49. The first-order chi connectivity index (χ1) is 9.60. The Bertz CT molecular complexity index is 484. The molecule has 108 valence electrons. The largest absolute Gasteiger partial charge is 0.497 e. The molecular formula is C15H18O3S2. The Labute approximate surface area is 128 Å². The Morgan fingerprint density at radius 2 is 2.10 bits per heavy atom. The molecule has 1 aliphatic rings. The molecule has 1 saturated heterocycles. The number of hydrogen-bond acceptors (Lipinski definition) is 5. The maximum Gasteiger partial charge on any atom is 0.333 e. The second-order valence-corrected chi connectivity index (χ2v) is 7.42. The van der Waals surface area contributed by atoms with Crippen molar-refractivity contribution in [2.75, 3.05) is 19.5 Å². The Hall–Kier alpha value is -1.07. The molecule has 0 bridgehead atoms. The minimum atomic E-state index is -0.302. The van der Waals surface area contributed by atoms with Crippen LogP contribution in [0.2, 0.25) is 0 Å². The highest BCUT2D eigenvalue weighted by atomic mass is 32.2. The molecule has 20 heavy (non-hydrogen) atoms. The van der Waals surface area contributed by atoms with Crippen molar-refractivity contribution in [3.63, 3.8) is 0 Å². The molecule has 0 amide bonds. The number of hydrogen-bond donors (Lipinski definition) is 0. The summed E-state index contributed by atoms with van der Waals surface area (Å²) in [6, 6.07) is 8.13. The molecule has 0 spiro atoms. The molecule has 2 unspecified atom stereocenters. The average molecular weight is 310 g/mol. The number of carbonyl (C=O) groups excluding carboxylic acids is 1. The molecule has 0 aliphatic carbocycles. The fraction of sp³-hybridized carbons (Fsp3) is 0.400. The predicted octanol–water partition coefficient (Wildman–Crippen LogP) is 3.66. The molecule has 3 nitrogen and oxygen atoms in total. The van der Waals surface area contributed by atoms with Crippen molar-refractivity contribution in [1.82, 2.24) is 0 Å². The third kappa shape index (κ3) is 3.96. The van der Waals surface area contributed by atoms with Crippen LogP contribution >= 0.6 is 23.5 Å². The number of methoxy groups -OCH3 is 1. The van der Waals surface area contributed by atoms with Crippen LogP contribution in [0.4, 0.5) is 0 Å². The zero-order valence-electron chi connectivity index (χ0n) is 11.6. The third-order valence-corrected chi connectivity index (χ3v) is 6.22. The van der Waals surface area contributed by atoms with Gasteiger partial charge < -0.3 is 9.47 Å². The van der Waals surface area contributed by atoms with Crippen molar-refractivity contribution in [2.24, 2.45) is 0 Å². The maximum atomic E-state index is 11.4. The quantitative estimate of drug-likeness (QED) is 0.612. The highest BCUT2D eigenvalue weighted by Gasteiger charge is 2.28. The van der Waals surface area contributed by atoms with E-state index in [4.69, 9.17) is 9.47 Å². The van der Waals surface area contributed by atoms with Gasteiger partial charge in [0.05, 0.1) is 11.7 Å². The van der Waals surface area contributed by atoms with Crippen LogP contribution in [0.15, 0.2) is 36.4 Å². The molecule has 1 heterocycles.